The van der Waals surface area contributed by atoms with E-state index in [0.29, 0.717) is 16.2 Å². The number of pyridine rings is 1. The molecule has 2 amide bonds. The third kappa shape index (κ3) is 3.77. The molecule has 29 heavy (non-hydrogen) atoms. The van der Waals surface area contributed by atoms with Crippen molar-refractivity contribution in [3.63, 3.8) is 0 Å². The Labute approximate surface area is 171 Å². The van der Waals surface area contributed by atoms with Gasteiger partial charge in [-0.1, -0.05) is 0 Å². The van der Waals surface area contributed by atoms with E-state index < -0.39 is 11.7 Å². The molecule has 4 rings (SSSR count). The van der Waals surface area contributed by atoms with Crippen LogP contribution in [0.2, 0.25) is 0 Å². The first-order valence-corrected chi connectivity index (χ1v) is 9.87. The molecule has 0 radical (unpaired) electrons. The molecule has 1 fully saturated rings. The number of halogens is 1. The number of rotatable bonds is 5. The zero-order valence-electron chi connectivity index (χ0n) is 15.9. The van der Waals surface area contributed by atoms with Gasteiger partial charge < -0.3 is 14.2 Å². The van der Waals surface area contributed by atoms with Gasteiger partial charge in [0.05, 0.1) is 10.9 Å². The maximum atomic E-state index is 14.4. The number of nitrogens with one attached hydrogen (secondary N) is 1. The Morgan fingerprint density at radius 2 is 2.07 bits per heavy atom. The third-order valence-corrected chi connectivity index (χ3v) is 5.47. The fourth-order valence-corrected chi connectivity index (χ4v) is 3.64. The molecule has 3 heterocycles. The predicted octanol–water partition coefficient (Wildman–Crippen LogP) is 3.32. The summed E-state index contributed by atoms with van der Waals surface area (Å²) < 4.78 is 22.6. The second-order valence-electron chi connectivity index (χ2n) is 6.88. The van der Waals surface area contributed by atoms with Crippen molar-refractivity contribution in [3.8, 4) is 0 Å². The quantitative estimate of drug-likeness (QED) is 0.646. The van der Waals surface area contributed by atoms with Gasteiger partial charge in [0, 0.05) is 63.1 Å². The highest BCUT2D eigenvalue weighted by molar-refractivity contribution is 7.98. The van der Waals surface area contributed by atoms with Gasteiger partial charge in [0.25, 0.3) is 11.8 Å². The number of benzene rings is 1. The number of furan rings is 1. The summed E-state index contributed by atoms with van der Waals surface area (Å²) in [5.41, 5.74) is 1.44. The summed E-state index contributed by atoms with van der Waals surface area (Å²) >= 11 is 0.911. The van der Waals surface area contributed by atoms with E-state index in [0.717, 1.165) is 37.1 Å². The van der Waals surface area contributed by atoms with Gasteiger partial charge in [0.2, 0.25) is 0 Å². The first kappa shape index (κ1) is 19.3. The van der Waals surface area contributed by atoms with Crippen LogP contribution in [0.25, 0.3) is 11.0 Å². The van der Waals surface area contributed by atoms with Crippen LogP contribution in [0.5, 0.6) is 0 Å². The van der Waals surface area contributed by atoms with E-state index in [9.17, 15) is 14.0 Å². The molecule has 0 spiro atoms. The van der Waals surface area contributed by atoms with E-state index in [1.807, 2.05) is 4.90 Å². The lowest BCUT2D eigenvalue weighted by atomic mass is 10.1. The number of fused-ring (bicyclic) bond motifs is 1. The molecular weight excluding hydrogens is 395 g/mol. The number of nitrogens with zero attached hydrogens (tertiary/aromatic N) is 3. The van der Waals surface area contributed by atoms with Gasteiger partial charge in [-0.25, -0.2) is 9.37 Å². The molecule has 1 N–H and O–H groups in total. The van der Waals surface area contributed by atoms with E-state index in [2.05, 4.69) is 9.71 Å². The largest absolute Gasteiger partial charge is 0.451 e. The summed E-state index contributed by atoms with van der Waals surface area (Å²) in [4.78, 5) is 32.4. The molecule has 1 aliphatic heterocycles. The summed E-state index contributed by atoms with van der Waals surface area (Å²) in [7, 11) is 3.28. The van der Waals surface area contributed by atoms with Crippen LogP contribution in [0.15, 0.2) is 46.0 Å². The number of amides is 2. The van der Waals surface area contributed by atoms with Gasteiger partial charge in [0.15, 0.2) is 5.76 Å². The molecule has 1 aliphatic rings. The van der Waals surface area contributed by atoms with Gasteiger partial charge in [-0.15, -0.1) is 0 Å². The van der Waals surface area contributed by atoms with Crippen LogP contribution in [-0.4, -0.2) is 48.9 Å². The van der Waals surface area contributed by atoms with Crippen LogP contribution in [0.4, 0.5) is 10.1 Å². The summed E-state index contributed by atoms with van der Waals surface area (Å²) in [5, 5.41) is 0.618. The fraction of sp³-hybridized carbons (Fsp3) is 0.250. The van der Waals surface area contributed by atoms with Gasteiger partial charge >= 0.3 is 0 Å². The highest BCUT2D eigenvalue weighted by Crippen LogP contribution is 2.30. The number of carbonyl (C=O) groups excluding carboxylic acids is 2. The summed E-state index contributed by atoms with van der Waals surface area (Å²) in [5.74, 6) is -1.20. The van der Waals surface area contributed by atoms with Gasteiger partial charge in [0.1, 0.15) is 16.4 Å². The number of hydrogen-bond donors (Lipinski definition) is 1. The van der Waals surface area contributed by atoms with Crippen molar-refractivity contribution in [2.45, 2.75) is 11.4 Å². The first-order valence-electron chi connectivity index (χ1n) is 9.06. The SMILES string of the molecule is CN(C)C(=O)c1cccnc1SNC(=O)c1cc2c(F)cc(N3CCC3)cc2o1. The number of carbonyl (C=O) groups is 2. The van der Waals surface area contributed by atoms with Crippen LogP contribution >= 0.6 is 11.9 Å². The molecule has 1 saturated heterocycles. The summed E-state index contributed by atoms with van der Waals surface area (Å²) in [6.07, 6.45) is 2.61. The average molecular weight is 414 g/mol. The van der Waals surface area contributed by atoms with Crippen molar-refractivity contribution in [1.82, 2.24) is 14.6 Å². The molecule has 150 valence electrons. The van der Waals surface area contributed by atoms with Crippen molar-refractivity contribution in [1.29, 1.82) is 0 Å². The minimum Gasteiger partial charge on any atom is -0.451 e. The molecule has 0 saturated carbocycles. The third-order valence-electron chi connectivity index (χ3n) is 4.66. The molecule has 3 aromatic rings. The molecule has 0 aliphatic carbocycles. The Balaban J connectivity index is 1.53. The Morgan fingerprint density at radius 1 is 1.28 bits per heavy atom. The topological polar surface area (TPSA) is 78.7 Å². The fourth-order valence-electron chi connectivity index (χ4n) is 2.97. The van der Waals surface area contributed by atoms with Crippen molar-refractivity contribution in [2.75, 3.05) is 32.1 Å². The highest BCUT2D eigenvalue weighted by atomic mass is 32.2. The van der Waals surface area contributed by atoms with E-state index in [-0.39, 0.29) is 17.1 Å². The van der Waals surface area contributed by atoms with E-state index in [1.165, 1.54) is 23.2 Å². The zero-order chi connectivity index (χ0) is 20.5. The normalized spacial score (nSPS) is 13.3. The Hall–Kier alpha value is -3.07. The van der Waals surface area contributed by atoms with Crippen LogP contribution in [0.1, 0.15) is 27.3 Å². The van der Waals surface area contributed by atoms with Crippen molar-refractivity contribution in [3.05, 3.63) is 53.7 Å². The molecule has 9 heteroatoms. The lowest BCUT2D eigenvalue weighted by molar-refractivity contribution is 0.0822. The lowest BCUT2D eigenvalue weighted by Crippen LogP contribution is -2.36. The molecule has 2 aromatic heterocycles. The van der Waals surface area contributed by atoms with Crippen LogP contribution in [-0.2, 0) is 0 Å². The van der Waals surface area contributed by atoms with Crippen LogP contribution in [0.3, 0.4) is 0 Å². The molecular formula is C20H19FN4O3S. The smallest absolute Gasteiger partial charge is 0.297 e. The van der Waals surface area contributed by atoms with Gasteiger partial charge in [-0.3, -0.25) is 14.3 Å². The molecule has 0 atom stereocenters. The highest BCUT2D eigenvalue weighted by Gasteiger charge is 2.21. The maximum absolute atomic E-state index is 14.4. The number of anilines is 1. The number of aromatic nitrogens is 1. The van der Waals surface area contributed by atoms with Gasteiger partial charge in [-0.2, -0.15) is 0 Å². The summed E-state index contributed by atoms with van der Waals surface area (Å²) in [6, 6.07) is 7.87. The van der Waals surface area contributed by atoms with E-state index in [4.69, 9.17) is 4.42 Å². The minimum absolute atomic E-state index is 0.0106. The first-order chi connectivity index (χ1) is 13.9. The average Bonchev–Trinajstić information content (AvgIpc) is 3.09. The Kier molecular flexibility index (Phi) is 5.14. The molecule has 1 aromatic carbocycles. The Bertz CT molecular complexity index is 1090. The zero-order valence-corrected chi connectivity index (χ0v) is 16.8. The van der Waals surface area contributed by atoms with Crippen LogP contribution in [0, 0.1) is 5.82 Å². The standard InChI is InChI=1S/C20H19FN4O3S/c1-24(2)20(27)13-5-3-6-22-19(13)29-23-18(26)17-11-14-15(21)9-12(10-16(14)28-17)25-7-4-8-25/h3,5-6,9-11H,4,7-8H2,1-2H3,(H,23,26). The second kappa shape index (κ2) is 7.75. The van der Waals surface area contributed by atoms with E-state index >= 15 is 0 Å². The van der Waals surface area contributed by atoms with Crippen molar-refractivity contribution < 1.29 is 18.4 Å². The summed E-state index contributed by atoms with van der Waals surface area (Å²) in [6.45, 7) is 1.77. The van der Waals surface area contributed by atoms with Crippen LogP contribution < -0.4 is 9.62 Å². The molecule has 7 nitrogen and oxygen atoms in total. The molecule has 0 bridgehead atoms. The van der Waals surface area contributed by atoms with Crippen molar-refractivity contribution in [2.24, 2.45) is 0 Å². The van der Waals surface area contributed by atoms with E-state index in [1.54, 1.807) is 32.3 Å². The lowest BCUT2D eigenvalue weighted by Gasteiger charge is -2.33. The second-order valence-corrected chi connectivity index (χ2v) is 7.67. The monoisotopic (exact) mass is 414 g/mol. The Morgan fingerprint density at radius 3 is 2.76 bits per heavy atom. The van der Waals surface area contributed by atoms with Gasteiger partial charge in [-0.05, 0) is 24.6 Å². The maximum Gasteiger partial charge on any atom is 0.297 e. The number of hydrogen-bond acceptors (Lipinski definition) is 6. The predicted molar refractivity (Wildman–Crippen MR) is 109 cm³/mol. The molecule has 0 unspecified atom stereocenters. The minimum atomic E-state index is -0.537. The van der Waals surface area contributed by atoms with Crippen molar-refractivity contribution >= 4 is 40.4 Å².